The van der Waals surface area contributed by atoms with Crippen molar-refractivity contribution in [2.75, 3.05) is 13.3 Å². The zero-order valence-electron chi connectivity index (χ0n) is 10.4. The molecule has 0 saturated carbocycles. The van der Waals surface area contributed by atoms with Crippen molar-refractivity contribution >= 4 is 27.6 Å². The fraction of sp³-hybridized carbons (Fsp3) is 0.364. The molecule has 0 saturated heterocycles. The maximum Gasteiger partial charge on any atom is 0.335 e. The monoisotopic (exact) mass is 327 g/mol. The van der Waals surface area contributed by atoms with Crippen molar-refractivity contribution < 1.29 is 27.1 Å². The van der Waals surface area contributed by atoms with E-state index in [1.165, 1.54) is 6.92 Å². The Kier molecular flexibility index (Phi) is 5.43. The quantitative estimate of drug-likeness (QED) is 0.836. The Hall–Kier alpha value is -1.25. The fourth-order valence-corrected chi connectivity index (χ4v) is 3.21. The maximum atomic E-state index is 12.4. The highest BCUT2D eigenvalue weighted by Gasteiger charge is 2.24. The van der Waals surface area contributed by atoms with Crippen molar-refractivity contribution in [2.45, 2.75) is 17.9 Å². The van der Waals surface area contributed by atoms with Crippen molar-refractivity contribution in [1.82, 2.24) is 4.72 Å². The maximum absolute atomic E-state index is 12.4. The molecule has 20 heavy (non-hydrogen) atoms. The second-order valence-corrected chi connectivity index (χ2v) is 6.10. The normalized spacial score (nSPS) is 11.8. The Morgan fingerprint density at radius 2 is 1.95 bits per heavy atom. The molecule has 1 aromatic carbocycles. The van der Waals surface area contributed by atoms with Crippen LogP contribution in [0.3, 0.4) is 0 Å². The molecule has 112 valence electrons. The Morgan fingerprint density at radius 3 is 2.40 bits per heavy atom. The molecule has 0 fully saturated rings. The van der Waals surface area contributed by atoms with E-state index in [1.54, 1.807) is 0 Å². The summed E-state index contributed by atoms with van der Waals surface area (Å²) in [6.45, 7) is -1.08. The highest BCUT2D eigenvalue weighted by molar-refractivity contribution is 7.89. The molecule has 0 aliphatic rings. The first-order valence-electron chi connectivity index (χ1n) is 5.40. The van der Waals surface area contributed by atoms with Crippen LogP contribution in [-0.2, 0) is 10.0 Å². The van der Waals surface area contributed by atoms with E-state index in [0.717, 1.165) is 12.1 Å². The minimum Gasteiger partial charge on any atom is -0.478 e. The highest BCUT2D eigenvalue weighted by Crippen LogP contribution is 2.25. The third-order valence-corrected chi connectivity index (χ3v) is 4.57. The van der Waals surface area contributed by atoms with Crippen molar-refractivity contribution in [2.24, 2.45) is 0 Å². The summed E-state index contributed by atoms with van der Waals surface area (Å²) >= 11 is 5.77. The minimum atomic E-state index is -4.27. The molecule has 0 bridgehead atoms. The molecule has 0 aliphatic carbocycles. The number of hydrogen-bond donors (Lipinski definition) is 2. The van der Waals surface area contributed by atoms with E-state index in [1.807, 2.05) is 4.72 Å². The van der Waals surface area contributed by atoms with Gasteiger partial charge in [0.05, 0.1) is 16.5 Å². The van der Waals surface area contributed by atoms with Crippen LogP contribution in [0.15, 0.2) is 17.0 Å². The first kappa shape index (κ1) is 16.8. The highest BCUT2D eigenvalue weighted by atomic mass is 35.5. The van der Waals surface area contributed by atoms with Gasteiger partial charge in [0, 0.05) is 5.02 Å². The summed E-state index contributed by atoms with van der Waals surface area (Å²) in [5, 5.41) is 8.80. The smallest absolute Gasteiger partial charge is 0.335 e. The predicted octanol–water partition coefficient (Wildman–Crippen LogP) is 1.93. The van der Waals surface area contributed by atoms with Crippen LogP contribution >= 0.6 is 11.6 Å². The molecule has 0 aliphatic heterocycles. The molecule has 1 aromatic rings. The van der Waals surface area contributed by atoms with Crippen LogP contribution < -0.4 is 4.72 Å². The van der Waals surface area contributed by atoms with Crippen molar-refractivity contribution in [1.29, 1.82) is 0 Å². The first-order valence-corrected chi connectivity index (χ1v) is 7.26. The number of aromatic carboxylic acids is 1. The van der Waals surface area contributed by atoms with Crippen LogP contribution in [0.4, 0.5) is 8.78 Å². The summed E-state index contributed by atoms with van der Waals surface area (Å²) in [5.41, 5.74) is -0.237. The number of carboxylic acid groups (broad SMARTS) is 1. The molecule has 9 heteroatoms. The van der Waals surface area contributed by atoms with E-state index < -0.39 is 40.3 Å². The lowest BCUT2D eigenvalue weighted by molar-refractivity contribution is 0.0696. The molecule has 5 nitrogen and oxygen atoms in total. The van der Waals surface area contributed by atoms with E-state index >= 15 is 0 Å². The minimum absolute atomic E-state index is 0.0673. The van der Waals surface area contributed by atoms with Gasteiger partial charge in [-0.25, -0.2) is 26.7 Å². The Labute approximate surface area is 119 Å². The van der Waals surface area contributed by atoms with Crippen LogP contribution in [0.1, 0.15) is 15.9 Å². The third kappa shape index (κ3) is 3.65. The van der Waals surface area contributed by atoms with E-state index in [-0.39, 0.29) is 16.1 Å². The van der Waals surface area contributed by atoms with Gasteiger partial charge in [-0.05, 0) is 24.6 Å². The van der Waals surface area contributed by atoms with E-state index in [2.05, 4.69) is 0 Å². The van der Waals surface area contributed by atoms with Crippen molar-refractivity contribution in [3.05, 3.63) is 28.3 Å². The number of rotatable bonds is 6. The van der Waals surface area contributed by atoms with Gasteiger partial charge in [-0.2, -0.15) is 0 Å². The summed E-state index contributed by atoms with van der Waals surface area (Å²) in [7, 11) is -4.27. The summed E-state index contributed by atoms with van der Waals surface area (Å²) in [6.07, 6.45) is 0. The molecular weight excluding hydrogens is 316 g/mol. The van der Waals surface area contributed by atoms with Gasteiger partial charge in [-0.3, -0.25) is 0 Å². The SMILES string of the molecule is Cc1c(Cl)cc(C(=O)O)cc1S(=O)(=O)NC(CF)CF. The van der Waals surface area contributed by atoms with Gasteiger partial charge < -0.3 is 5.11 Å². The van der Waals surface area contributed by atoms with Gasteiger partial charge >= 0.3 is 5.97 Å². The van der Waals surface area contributed by atoms with Crippen molar-refractivity contribution in [3.8, 4) is 0 Å². The lowest BCUT2D eigenvalue weighted by atomic mass is 10.1. The Morgan fingerprint density at radius 1 is 1.40 bits per heavy atom. The summed E-state index contributed by atoms with van der Waals surface area (Å²) < 4.78 is 50.6. The molecule has 0 radical (unpaired) electrons. The molecule has 0 heterocycles. The van der Waals surface area contributed by atoms with Gasteiger partial charge in [0.15, 0.2) is 0 Å². The number of nitrogens with one attached hydrogen (secondary N) is 1. The average Bonchev–Trinajstić information content (AvgIpc) is 2.38. The summed E-state index contributed by atoms with van der Waals surface area (Å²) in [5.74, 6) is -1.36. The van der Waals surface area contributed by atoms with E-state index in [4.69, 9.17) is 16.7 Å². The molecule has 0 aromatic heterocycles. The van der Waals surface area contributed by atoms with Crippen LogP contribution in [-0.4, -0.2) is 38.9 Å². The lowest BCUT2D eigenvalue weighted by Gasteiger charge is -2.15. The molecule has 0 amide bonds. The lowest BCUT2D eigenvalue weighted by Crippen LogP contribution is -2.38. The van der Waals surface area contributed by atoms with Crippen molar-refractivity contribution in [3.63, 3.8) is 0 Å². The summed E-state index contributed by atoms with van der Waals surface area (Å²) in [6, 6.07) is 0.464. The molecule has 2 N–H and O–H groups in total. The molecule has 1 rings (SSSR count). The van der Waals surface area contributed by atoms with Gasteiger partial charge in [0.25, 0.3) is 0 Å². The van der Waals surface area contributed by atoms with Crippen LogP contribution in [0.2, 0.25) is 5.02 Å². The number of alkyl halides is 2. The van der Waals surface area contributed by atoms with Gasteiger partial charge in [0.1, 0.15) is 13.3 Å². The van der Waals surface area contributed by atoms with E-state index in [0.29, 0.717) is 0 Å². The predicted molar refractivity (Wildman–Crippen MR) is 69.2 cm³/mol. The number of carboxylic acids is 1. The molecule has 0 spiro atoms. The second kappa shape index (κ2) is 6.47. The standard InChI is InChI=1S/C11H12ClF2NO4S/c1-6-9(12)2-7(11(16)17)3-10(6)20(18,19)15-8(4-13)5-14/h2-3,8,15H,4-5H2,1H3,(H,16,17). The Bertz CT molecular complexity index is 617. The third-order valence-electron chi connectivity index (χ3n) is 2.53. The van der Waals surface area contributed by atoms with Crippen LogP contribution in [0.5, 0.6) is 0 Å². The number of sulfonamides is 1. The molecular formula is C11H12ClF2NO4S. The summed E-state index contributed by atoms with van der Waals surface area (Å²) in [4.78, 5) is 10.5. The van der Waals surface area contributed by atoms with E-state index in [9.17, 15) is 22.0 Å². The molecule has 0 unspecified atom stereocenters. The fourth-order valence-electron chi connectivity index (χ4n) is 1.44. The number of benzene rings is 1. The molecule has 0 atom stereocenters. The number of halogens is 3. The number of hydrogen-bond acceptors (Lipinski definition) is 3. The second-order valence-electron chi connectivity index (χ2n) is 4.01. The first-order chi connectivity index (χ1) is 9.22. The zero-order valence-corrected chi connectivity index (χ0v) is 11.9. The van der Waals surface area contributed by atoms with Gasteiger partial charge in [0.2, 0.25) is 10.0 Å². The number of carbonyl (C=O) groups is 1. The van der Waals surface area contributed by atoms with Crippen LogP contribution in [0, 0.1) is 6.92 Å². The Balaban J connectivity index is 3.34. The largest absolute Gasteiger partial charge is 0.478 e. The topological polar surface area (TPSA) is 83.5 Å². The van der Waals surface area contributed by atoms with Gasteiger partial charge in [-0.1, -0.05) is 11.6 Å². The van der Waals surface area contributed by atoms with Gasteiger partial charge in [-0.15, -0.1) is 0 Å². The zero-order chi connectivity index (χ0) is 15.5. The van der Waals surface area contributed by atoms with Crippen LogP contribution in [0.25, 0.3) is 0 Å². The average molecular weight is 328 g/mol.